The van der Waals surface area contributed by atoms with Gasteiger partial charge in [-0.05, 0) is 20.8 Å². The van der Waals surface area contributed by atoms with Crippen LogP contribution in [0.1, 0.15) is 20.8 Å². The number of imidazole rings is 1. The highest BCUT2D eigenvalue weighted by atomic mass is 31.2. The number of nitrogens with zero attached hydrogens (tertiary/aromatic N) is 4. The standard InChI is InChI=1S/C18H34N6O6P2/c1-5-28-31(4,26)12-10-23(11-13-32(27,29-6-2)30-7-3)8-9-24-14-20-15-16(24)21-18(19)22-17(15)25/h14H,5-13H2,1-4H3,(H3,19,21,22,25). The Balaban J connectivity index is 2.14. The van der Waals surface area contributed by atoms with E-state index in [0.717, 1.165) is 0 Å². The van der Waals surface area contributed by atoms with Crippen molar-refractivity contribution >= 4 is 32.1 Å². The van der Waals surface area contributed by atoms with Crippen molar-refractivity contribution in [1.29, 1.82) is 0 Å². The Labute approximate surface area is 187 Å². The third-order valence-electron chi connectivity index (χ3n) is 4.72. The lowest BCUT2D eigenvalue weighted by molar-refractivity contribution is 0.212. The van der Waals surface area contributed by atoms with Gasteiger partial charge >= 0.3 is 7.60 Å². The smallest absolute Gasteiger partial charge is 0.331 e. The van der Waals surface area contributed by atoms with E-state index in [4.69, 9.17) is 19.3 Å². The molecule has 0 aromatic carbocycles. The predicted molar refractivity (Wildman–Crippen MR) is 125 cm³/mol. The molecule has 2 aromatic heterocycles. The van der Waals surface area contributed by atoms with E-state index >= 15 is 0 Å². The van der Waals surface area contributed by atoms with Crippen molar-refractivity contribution in [1.82, 2.24) is 24.4 Å². The minimum atomic E-state index is -3.22. The van der Waals surface area contributed by atoms with Crippen LogP contribution in [0.2, 0.25) is 0 Å². The summed E-state index contributed by atoms with van der Waals surface area (Å²) in [5.74, 6) is 0.0131. The summed E-state index contributed by atoms with van der Waals surface area (Å²) in [5, 5.41) is 0. The lowest BCUT2D eigenvalue weighted by Gasteiger charge is -2.26. The van der Waals surface area contributed by atoms with Crippen LogP contribution in [-0.2, 0) is 29.2 Å². The molecule has 14 heteroatoms. The zero-order valence-electron chi connectivity index (χ0n) is 19.2. The van der Waals surface area contributed by atoms with Crippen LogP contribution in [0.5, 0.6) is 0 Å². The summed E-state index contributed by atoms with van der Waals surface area (Å²) in [6.07, 6.45) is 2.08. The first-order valence-electron chi connectivity index (χ1n) is 10.6. The molecule has 1 unspecified atom stereocenters. The molecule has 0 aliphatic rings. The van der Waals surface area contributed by atoms with Gasteiger partial charge in [0.2, 0.25) is 13.3 Å². The Morgan fingerprint density at radius 2 is 1.69 bits per heavy atom. The predicted octanol–water partition coefficient (Wildman–Crippen LogP) is 2.21. The third-order valence-corrected chi connectivity index (χ3v) is 8.58. The number of hydrogen-bond donors (Lipinski definition) is 2. The first-order chi connectivity index (χ1) is 15.1. The molecule has 0 saturated carbocycles. The van der Waals surface area contributed by atoms with Crippen LogP contribution in [0.4, 0.5) is 5.95 Å². The lowest BCUT2D eigenvalue weighted by Crippen LogP contribution is -2.33. The maximum Gasteiger partial charge on any atom is 0.331 e. The van der Waals surface area contributed by atoms with Gasteiger partial charge in [-0.2, -0.15) is 4.98 Å². The molecular weight excluding hydrogens is 458 g/mol. The fourth-order valence-corrected chi connectivity index (χ4v) is 6.17. The number of H-pyrrole nitrogens is 1. The zero-order valence-corrected chi connectivity index (χ0v) is 20.9. The molecular formula is C18H34N6O6P2. The Morgan fingerprint density at radius 3 is 2.31 bits per heavy atom. The van der Waals surface area contributed by atoms with Gasteiger partial charge in [-0.15, -0.1) is 0 Å². The van der Waals surface area contributed by atoms with E-state index in [1.807, 2.05) is 4.90 Å². The quantitative estimate of drug-likeness (QED) is 0.354. The molecule has 2 aromatic rings. The van der Waals surface area contributed by atoms with Crippen LogP contribution in [-0.4, -0.2) is 82.9 Å². The van der Waals surface area contributed by atoms with E-state index < -0.39 is 20.5 Å². The maximum atomic E-state index is 12.9. The number of hydrogen-bond acceptors (Lipinski definition) is 10. The lowest BCUT2D eigenvalue weighted by atomic mass is 10.4. The number of fused-ring (bicyclic) bond motifs is 1. The average molecular weight is 492 g/mol. The number of aromatic nitrogens is 4. The van der Waals surface area contributed by atoms with E-state index in [0.29, 0.717) is 44.6 Å². The average Bonchev–Trinajstić information content (AvgIpc) is 3.11. The molecule has 0 aliphatic heterocycles. The second kappa shape index (κ2) is 12.1. The summed E-state index contributed by atoms with van der Waals surface area (Å²) in [6.45, 7) is 9.73. The number of nitrogen functional groups attached to an aromatic ring is 1. The van der Waals surface area contributed by atoms with E-state index in [2.05, 4.69) is 15.0 Å². The normalized spacial score (nSPS) is 14.3. The van der Waals surface area contributed by atoms with Crippen molar-refractivity contribution < 1.29 is 22.7 Å². The summed E-state index contributed by atoms with van der Waals surface area (Å²) in [7, 11) is -5.96. The third kappa shape index (κ3) is 7.79. The van der Waals surface area contributed by atoms with Gasteiger partial charge in [0.05, 0.1) is 32.3 Å². The second-order valence-electron chi connectivity index (χ2n) is 7.23. The topological polar surface area (TPSA) is 155 Å². The molecule has 0 amide bonds. The number of aromatic amines is 1. The van der Waals surface area contributed by atoms with Crippen molar-refractivity contribution in [3.05, 3.63) is 16.7 Å². The Bertz CT molecular complexity index is 1020. The van der Waals surface area contributed by atoms with Gasteiger partial charge < -0.3 is 28.8 Å². The zero-order chi connectivity index (χ0) is 23.8. The van der Waals surface area contributed by atoms with Crippen molar-refractivity contribution in [3.8, 4) is 0 Å². The molecule has 0 saturated heterocycles. The summed E-state index contributed by atoms with van der Waals surface area (Å²) < 4.78 is 43.3. The van der Waals surface area contributed by atoms with Gasteiger partial charge in [-0.25, -0.2) is 4.98 Å². The molecule has 12 nitrogen and oxygen atoms in total. The van der Waals surface area contributed by atoms with Crippen LogP contribution in [0, 0.1) is 0 Å². The van der Waals surface area contributed by atoms with Crippen LogP contribution >= 0.6 is 15.0 Å². The highest BCUT2D eigenvalue weighted by Crippen LogP contribution is 2.48. The fourth-order valence-electron chi connectivity index (χ4n) is 3.20. The molecule has 0 bridgehead atoms. The largest absolute Gasteiger partial charge is 0.369 e. The van der Waals surface area contributed by atoms with Gasteiger partial charge in [0, 0.05) is 39.0 Å². The number of nitrogens with one attached hydrogen (secondary N) is 1. The molecule has 182 valence electrons. The minimum Gasteiger partial charge on any atom is -0.369 e. The van der Waals surface area contributed by atoms with Gasteiger partial charge in [0.1, 0.15) is 0 Å². The van der Waals surface area contributed by atoms with Gasteiger partial charge in [-0.3, -0.25) is 18.9 Å². The first kappa shape index (κ1) is 26.7. The van der Waals surface area contributed by atoms with Gasteiger partial charge in [-0.1, -0.05) is 0 Å². The highest BCUT2D eigenvalue weighted by Gasteiger charge is 2.25. The van der Waals surface area contributed by atoms with E-state index in [1.54, 1.807) is 32.0 Å². The van der Waals surface area contributed by atoms with Crippen LogP contribution in [0.3, 0.4) is 0 Å². The Kier molecular flexibility index (Phi) is 10.1. The summed E-state index contributed by atoms with van der Waals surface area (Å²) in [5.41, 5.74) is 5.85. The molecule has 0 aliphatic carbocycles. The highest BCUT2D eigenvalue weighted by molar-refractivity contribution is 7.58. The monoisotopic (exact) mass is 492 g/mol. The molecule has 0 radical (unpaired) electrons. The van der Waals surface area contributed by atoms with Crippen LogP contribution < -0.4 is 11.3 Å². The fraction of sp³-hybridized carbons (Fsp3) is 0.722. The summed E-state index contributed by atoms with van der Waals surface area (Å²) >= 11 is 0. The number of anilines is 1. The van der Waals surface area contributed by atoms with E-state index in [-0.39, 0.29) is 30.8 Å². The summed E-state index contributed by atoms with van der Waals surface area (Å²) in [6, 6.07) is 0. The SMILES string of the molecule is CCOP(C)(=O)CCN(CCn1cnc2c(=O)[nH]c(N)nc21)CCP(=O)(OCC)OCC. The Hall–Kier alpha value is -1.55. The molecule has 0 fully saturated rings. The van der Waals surface area contributed by atoms with Crippen molar-refractivity contribution in [3.63, 3.8) is 0 Å². The number of nitrogens with two attached hydrogens (primary N) is 1. The first-order valence-corrected chi connectivity index (χ1v) is 14.6. The summed E-state index contributed by atoms with van der Waals surface area (Å²) in [4.78, 5) is 24.7. The van der Waals surface area contributed by atoms with Gasteiger partial charge in [0.15, 0.2) is 11.2 Å². The molecule has 0 spiro atoms. The minimum absolute atomic E-state index is 0.0131. The van der Waals surface area contributed by atoms with Crippen molar-refractivity contribution in [2.45, 2.75) is 27.3 Å². The van der Waals surface area contributed by atoms with Crippen molar-refractivity contribution in [2.24, 2.45) is 0 Å². The maximum absolute atomic E-state index is 12.9. The van der Waals surface area contributed by atoms with E-state index in [9.17, 15) is 13.9 Å². The molecule has 2 rings (SSSR count). The Morgan fingerprint density at radius 1 is 1.06 bits per heavy atom. The molecule has 32 heavy (non-hydrogen) atoms. The molecule has 2 heterocycles. The van der Waals surface area contributed by atoms with Crippen LogP contribution in [0.25, 0.3) is 11.2 Å². The van der Waals surface area contributed by atoms with Crippen LogP contribution in [0.15, 0.2) is 11.1 Å². The molecule has 1 atom stereocenters. The van der Waals surface area contributed by atoms with E-state index in [1.165, 1.54) is 6.33 Å². The molecule has 3 N–H and O–H groups in total. The van der Waals surface area contributed by atoms with Gasteiger partial charge in [0.25, 0.3) is 5.56 Å². The number of rotatable bonds is 15. The van der Waals surface area contributed by atoms with Crippen molar-refractivity contribution in [2.75, 3.05) is 64.2 Å². The second-order valence-corrected chi connectivity index (χ2v) is 12.1.